The minimum atomic E-state index is -3.82. The maximum Gasteiger partial charge on any atom is 0.243 e. The standard InChI is InChI=1S/C34H33NO3S/c36-39(37,29-20-19-26-13-7-8-14-27(26)22-29)35-24-34(28-15-5-2-6-16-28)23-33(38-32-18-10-9-17-30(32)34)31(35)21-25-11-3-1-4-12-25/h1-8,11-16,19-20,22,31,33H,9-10,17-18,21,23-24H2/t31-,33-,34+/m0/s1. The van der Waals surface area contributed by atoms with Gasteiger partial charge in [-0.2, -0.15) is 4.31 Å². The van der Waals surface area contributed by atoms with Gasteiger partial charge >= 0.3 is 0 Å². The van der Waals surface area contributed by atoms with Gasteiger partial charge in [0.25, 0.3) is 0 Å². The highest BCUT2D eigenvalue weighted by molar-refractivity contribution is 7.89. The molecule has 0 radical (unpaired) electrons. The summed E-state index contributed by atoms with van der Waals surface area (Å²) in [5.41, 5.74) is 3.26. The molecule has 0 N–H and O–H groups in total. The van der Waals surface area contributed by atoms with Crippen LogP contribution >= 0.6 is 0 Å². The topological polar surface area (TPSA) is 46.6 Å². The highest BCUT2D eigenvalue weighted by atomic mass is 32.2. The summed E-state index contributed by atoms with van der Waals surface area (Å²) in [5.74, 6) is 1.11. The lowest BCUT2D eigenvalue weighted by molar-refractivity contribution is -0.0336. The van der Waals surface area contributed by atoms with Crippen LogP contribution in [0.5, 0.6) is 0 Å². The van der Waals surface area contributed by atoms with Crippen molar-refractivity contribution in [2.75, 3.05) is 6.54 Å². The van der Waals surface area contributed by atoms with E-state index in [9.17, 15) is 8.42 Å². The fourth-order valence-electron chi connectivity index (χ4n) is 7.10. The lowest BCUT2D eigenvalue weighted by Gasteiger charge is -2.55. The van der Waals surface area contributed by atoms with Crippen LogP contribution in [0.3, 0.4) is 0 Å². The number of benzene rings is 4. The van der Waals surface area contributed by atoms with Gasteiger partial charge in [0.1, 0.15) is 6.10 Å². The van der Waals surface area contributed by atoms with Gasteiger partial charge in [0.15, 0.2) is 0 Å². The molecule has 1 aliphatic carbocycles. The van der Waals surface area contributed by atoms with Gasteiger partial charge in [0.05, 0.1) is 16.7 Å². The predicted molar refractivity (Wildman–Crippen MR) is 155 cm³/mol. The van der Waals surface area contributed by atoms with Crippen molar-refractivity contribution < 1.29 is 13.2 Å². The number of fused-ring (bicyclic) bond motifs is 4. The zero-order valence-electron chi connectivity index (χ0n) is 22.0. The molecular weight excluding hydrogens is 502 g/mol. The van der Waals surface area contributed by atoms with Crippen LogP contribution in [0.15, 0.2) is 119 Å². The fourth-order valence-corrected chi connectivity index (χ4v) is 8.85. The van der Waals surface area contributed by atoms with Crippen molar-refractivity contribution in [2.24, 2.45) is 0 Å². The van der Waals surface area contributed by atoms with E-state index in [-0.39, 0.29) is 17.6 Å². The SMILES string of the molecule is O=S(=O)(c1ccc2ccccc2c1)N1C[C@@]2(c3ccccc3)C[C@H](OC3=C2CCCC3)[C@@H]1Cc1ccccc1. The van der Waals surface area contributed by atoms with Crippen LogP contribution in [-0.4, -0.2) is 31.4 Å². The fraction of sp³-hybridized carbons (Fsp3) is 0.294. The molecule has 2 aliphatic heterocycles. The Balaban J connectivity index is 1.40. The summed E-state index contributed by atoms with van der Waals surface area (Å²) >= 11 is 0. The van der Waals surface area contributed by atoms with E-state index in [4.69, 9.17) is 4.74 Å². The van der Waals surface area contributed by atoms with Crippen LogP contribution in [0.25, 0.3) is 10.8 Å². The van der Waals surface area contributed by atoms with Gasteiger partial charge in [0.2, 0.25) is 10.0 Å². The molecule has 7 rings (SSSR count). The third-order valence-electron chi connectivity index (χ3n) is 9.00. The number of sulfonamides is 1. The maximum absolute atomic E-state index is 14.7. The molecule has 39 heavy (non-hydrogen) atoms. The average Bonchev–Trinajstić information content (AvgIpc) is 2.99. The molecule has 4 aromatic carbocycles. The van der Waals surface area contributed by atoms with Crippen LogP contribution in [0.1, 0.15) is 43.2 Å². The van der Waals surface area contributed by atoms with Crippen molar-refractivity contribution in [2.45, 2.75) is 61.0 Å². The van der Waals surface area contributed by atoms with Gasteiger partial charge in [-0.15, -0.1) is 0 Å². The van der Waals surface area contributed by atoms with Crippen molar-refractivity contribution in [3.05, 3.63) is 126 Å². The Labute approximate surface area is 231 Å². The van der Waals surface area contributed by atoms with E-state index >= 15 is 0 Å². The van der Waals surface area contributed by atoms with Gasteiger partial charge < -0.3 is 4.74 Å². The molecule has 2 bridgehead atoms. The molecule has 2 heterocycles. The Morgan fingerprint density at radius 1 is 0.795 bits per heavy atom. The molecule has 5 heteroatoms. The number of rotatable bonds is 5. The number of nitrogens with zero attached hydrogens (tertiary/aromatic N) is 1. The average molecular weight is 536 g/mol. The largest absolute Gasteiger partial charge is 0.493 e. The second-order valence-electron chi connectivity index (χ2n) is 11.2. The van der Waals surface area contributed by atoms with Crippen molar-refractivity contribution in [1.82, 2.24) is 4.31 Å². The summed E-state index contributed by atoms with van der Waals surface area (Å²) in [6, 6.07) is 34.0. The second kappa shape index (κ2) is 9.65. The Kier molecular flexibility index (Phi) is 6.09. The molecule has 1 fully saturated rings. The molecule has 4 aromatic rings. The van der Waals surface area contributed by atoms with Crippen molar-refractivity contribution in [1.29, 1.82) is 0 Å². The van der Waals surface area contributed by atoms with Crippen LogP contribution < -0.4 is 0 Å². The van der Waals surface area contributed by atoms with Gasteiger partial charge in [-0.25, -0.2) is 8.42 Å². The number of piperidine rings is 1. The lowest BCUT2D eigenvalue weighted by atomic mass is 9.63. The number of hydrogen-bond acceptors (Lipinski definition) is 3. The second-order valence-corrected chi connectivity index (χ2v) is 13.1. The first-order chi connectivity index (χ1) is 19.0. The van der Waals surface area contributed by atoms with Crippen LogP contribution in [0.4, 0.5) is 0 Å². The minimum Gasteiger partial charge on any atom is -0.493 e. The summed E-state index contributed by atoms with van der Waals surface area (Å²) in [6.07, 6.45) is 5.35. The molecule has 0 spiro atoms. The summed E-state index contributed by atoms with van der Waals surface area (Å²) in [4.78, 5) is 0.347. The zero-order valence-corrected chi connectivity index (χ0v) is 22.8. The maximum atomic E-state index is 14.7. The number of ether oxygens (including phenoxy) is 1. The minimum absolute atomic E-state index is 0.216. The smallest absolute Gasteiger partial charge is 0.243 e. The van der Waals surface area contributed by atoms with Crippen molar-refractivity contribution >= 4 is 20.8 Å². The Morgan fingerprint density at radius 2 is 1.49 bits per heavy atom. The highest BCUT2D eigenvalue weighted by Crippen LogP contribution is 2.53. The highest BCUT2D eigenvalue weighted by Gasteiger charge is 2.56. The quantitative estimate of drug-likeness (QED) is 0.276. The summed E-state index contributed by atoms with van der Waals surface area (Å²) < 4.78 is 37.9. The van der Waals surface area contributed by atoms with E-state index < -0.39 is 10.0 Å². The molecule has 0 aromatic heterocycles. The van der Waals surface area contributed by atoms with Crippen molar-refractivity contribution in [3.8, 4) is 0 Å². The zero-order chi connectivity index (χ0) is 26.5. The molecule has 198 valence electrons. The predicted octanol–water partition coefficient (Wildman–Crippen LogP) is 7.01. The monoisotopic (exact) mass is 535 g/mol. The molecule has 4 nitrogen and oxygen atoms in total. The van der Waals surface area contributed by atoms with E-state index in [1.807, 2.05) is 60.7 Å². The Hall–Kier alpha value is -3.41. The molecule has 3 atom stereocenters. The lowest BCUT2D eigenvalue weighted by Crippen LogP contribution is -2.63. The normalized spacial score (nSPS) is 25.2. The molecular formula is C34H33NO3S. The number of hydrogen-bond donors (Lipinski definition) is 0. The summed E-state index contributed by atoms with van der Waals surface area (Å²) in [7, 11) is -3.82. The van der Waals surface area contributed by atoms with Gasteiger partial charge in [0, 0.05) is 24.8 Å². The first-order valence-electron chi connectivity index (χ1n) is 14.0. The van der Waals surface area contributed by atoms with E-state index in [1.54, 1.807) is 10.4 Å². The van der Waals surface area contributed by atoms with Crippen molar-refractivity contribution in [3.63, 3.8) is 0 Å². The van der Waals surface area contributed by atoms with Crippen LogP contribution in [0.2, 0.25) is 0 Å². The van der Waals surface area contributed by atoms with Gasteiger partial charge in [-0.3, -0.25) is 0 Å². The van der Waals surface area contributed by atoms with E-state index in [0.717, 1.165) is 54.2 Å². The summed E-state index contributed by atoms with van der Waals surface area (Å²) in [6.45, 7) is 0.433. The molecule has 0 amide bonds. The molecule has 0 unspecified atom stereocenters. The van der Waals surface area contributed by atoms with Gasteiger partial charge in [-0.1, -0.05) is 91.0 Å². The van der Waals surface area contributed by atoms with Gasteiger partial charge in [-0.05, 0) is 65.3 Å². The van der Waals surface area contributed by atoms with Crippen LogP contribution in [0, 0.1) is 0 Å². The molecule has 3 aliphatic rings. The Bertz CT molecular complexity index is 1650. The third-order valence-corrected chi connectivity index (χ3v) is 10.9. The summed E-state index contributed by atoms with van der Waals surface area (Å²) in [5, 5.41) is 1.97. The van der Waals surface area contributed by atoms with E-state index in [1.165, 1.54) is 11.1 Å². The third kappa shape index (κ3) is 4.19. The first-order valence-corrected chi connectivity index (χ1v) is 15.5. The molecule has 0 saturated carbocycles. The number of allylic oxidation sites excluding steroid dienone is 1. The van der Waals surface area contributed by atoms with E-state index in [2.05, 4.69) is 36.4 Å². The van der Waals surface area contributed by atoms with Crippen LogP contribution in [-0.2, 0) is 26.6 Å². The molecule has 1 saturated heterocycles. The first kappa shape index (κ1) is 24.6. The Morgan fingerprint density at radius 3 is 2.28 bits per heavy atom. The van der Waals surface area contributed by atoms with E-state index in [0.29, 0.717) is 17.9 Å².